The Kier molecular flexibility index (Phi) is 7.12. The maximum absolute atomic E-state index is 12.1. The van der Waals surface area contributed by atoms with Crippen LogP contribution in [0.15, 0.2) is 72.4 Å². The summed E-state index contributed by atoms with van der Waals surface area (Å²) in [4.78, 5) is 29.3. The van der Waals surface area contributed by atoms with Crippen molar-refractivity contribution in [3.05, 3.63) is 78.4 Å². The number of benzene rings is 2. The number of hydrogen-bond acceptors (Lipinski definition) is 4. The molecule has 0 atom stereocenters. The molecule has 2 aromatic rings. The lowest BCUT2D eigenvalue weighted by molar-refractivity contribution is -0.120. The molecule has 0 bridgehead atoms. The number of anilines is 1. The van der Waals surface area contributed by atoms with Gasteiger partial charge in [-0.3, -0.25) is 9.59 Å². The van der Waals surface area contributed by atoms with Crippen molar-refractivity contribution in [3.63, 3.8) is 0 Å². The summed E-state index contributed by atoms with van der Waals surface area (Å²) in [6.45, 7) is 5.44. The van der Waals surface area contributed by atoms with Crippen LogP contribution in [0.25, 0.3) is 0 Å². The van der Waals surface area contributed by atoms with Gasteiger partial charge in [-0.2, -0.15) is 0 Å². The average Bonchev–Trinajstić information content (AvgIpc) is 2.67. The Morgan fingerprint density at radius 1 is 1.12 bits per heavy atom. The van der Waals surface area contributed by atoms with Gasteiger partial charge in [-0.05, 0) is 24.6 Å². The molecule has 2 amide bonds. The quantitative estimate of drug-likeness (QED) is 0.436. The Bertz CT molecular complexity index is 801. The lowest BCUT2D eigenvalue weighted by atomic mass is 10.1. The second kappa shape index (κ2) is 9.78. The third kappa shape index (κ3) is 5.59. The topological polar surface area (TPSA) is 79.8 Å². The zero-order valence-corrected chi connectivity index (χ0v) is 14.6. The van der Waals surface area contributed by atoms with E-state index in [1.54, 1.807) is 37.3 Å². The van der Waals surface area contributed by atoms with E-state index < -0.39 is 5.91 Å². The summed E-state index contributed by atoms with van der Waals surface area (Å²) in [5, 5.41) is 9.28. The Morgan fingerprint density at radius 2 is 1.81 bits per heavy atom. The number of carbonyl (C=O) groups is 2. The molecule has 0 saturated carbocycles. The molecule has 26 heavy (non-hydrogen) atoms. The number of amides is 2. The van der Waals surface area contributed by atoms with Crippen LogP contribution in [0.1, 0.15) is 22.8 Å². The molecule has 0 saturated heterocycles. The number of oxime groups is 1. The Balaban J connectivity index is 1.94. The zero-order valence-electron chi connectivity index (χ0n) is 14.6. The molecule has 0 aliphatic heterocycles. The molecule has 2 N–H and O–H groups in total. The molecule has 0 radical (unpaired) electrons. The van der Waals surface area contributed by atoms with E-state index in [4.69, 9.17) is 4.84 Å². The average molecular weight is 351 g/mol. The van der Waals surface area contributed by atoms with Gasteiger partial charge in [-0.1, -0.05) is 53.7 Å². The highest BCUT2D eigenvalue weighted by Crippen LogP contribution is 2.14. The maximum Gasteiger partial charge on any atom is 0.265 e. The minimum Gasteiger partial charge on any atom is -0.385 e. The number of para-hydroxylation sites is 1. The molecular weight excluding hydrogens is 330 g/mol. The van der Waals surface area contributed by atoms with Crippen LogP contribution in [0.3, 0.4) is 0 Å². The largest absolute Gasteiger partial charge is 0.385 e. The van der Waals surface area contributed by atoms with Crippen LogP contribution in [0, 0.1) is 0 Å². The number of rotatable bonds is 8. The smallest absolute Gasteiger partial charge is 0.265 e. The predicted octanol–water partition coefficient (Wildman–Crippen LogP) is 2.98. The second-order valence-corrected chi connectivity index (χ2v) is 5.41. The molecule has 6 heteroatoms. The summed E-state index contributed by atoms with van der Waals surface area (Å²) in [5.74, 6) is -0.696. The summed E-state index contributed by atoms with van der Waals surface area (Å²) < 4.78 is 0. The van der Waals surface area contributed by atoms with Gasteiger partial charge in [0, 0.05) is 6.54 Å². The predicted molar refractivity (Wildman–Crippen MR) is 102 cm³/mol. The van der Waals surface area contributed by atoms with E-state index in [9.17, 15) is 9.59 Å². The van der Waals surface area contributed by atoms with E-state index in [0.717, 1.165) is 5.56 Å². The first-order valence-corrected chi connectivity index (χ1v) is 8.11. The van der Waals surface area contributed by atoms with Crippen LogP contribution >= 0.6 is 0 Å². The van der Waals surface area contributed by atoms with E-state index in [1.807, 2.05) is 30.3 Å². The monoisotopic (exact) mass is 351 g/mol. The molecular formula is C20H21N3O3. The van der Waals surface area contributed by atoms with Gasteiger partial charge in [0.2, 0.25) is 0 Å². The summed E-state index contributed by atoms with van der Waals surface area (Å²) in [7, 11) is 0. The summed E-state index contributed by atoms with van der Waals surface area (Å²) in [6, 6.07) is 16.3. The summed E-state index contributed by atoms with van der Waals surface area (Å²) in [6.07, 6.45) is 1.58. The van der Waals surface area contributed by atoms with Crippen molar-refractivity contribution in [2.45, 2.75) is 6.92 Å². The van der Waals surface area contributed by atoms with Crippen molar-refractivity contribution in [2.24, 2.45) is 5.16 Å². The highest BCUT2D eigenvalue weighted by Gasteiger charge is 2.12. The SMILES string of the molecule is C=CCNC(=O)c1ccccc1NC(=O)CON=C(C)c1ccccc1. The third-order valence-corrected chi connectivity index (χ3v) is 3.44. The Morgan fingerprint density at radius 3 is 2.54 bits per heavy atom. The molecule has 0 spiro atoms. The second-order valence-electron chi connectivity index (χ2n) is 5.41. The van der Waals surface area contributed by atoms with E-state index in [-0.39, 0.29) is 12.5 Å². The van der Waals surface area contributed by atoms with Crippen molar-refractivity contribution in [1.82, 2.24) is 5.32 Å². The highest BCUT2D eigenvalue weighted by molar-refractivity contribution is 6.04. The normalized spacial score (nSPS) is 10.7. The van der Waals surface area contributed by atoms with Gasteiger partial charge in [0.25, 0.3) is 11.8 Å². The van der Waals surface area contributed by atoms with Crippen LogP contribution in [-0.2, 0) is 9.63 Å². The van der Waals surface area contributed by atoms with E-state index in [2.05, 4.69) is 22.4 Å². The van der Waals surface area contributed by atoms with Crippen molar-refractivity contribution in [2.75, 3.05) is 18.5 Å². The van der Waals surface area contributed by atoms with Crippen molar-refractivity contribution in [1.29, 1.82) is 0 Å². The van der Waals surface area contributed by atoms with Gasteiger partial charge in [-0.25, -0.2) is 0 Å². The Labute approximate surface area is 152 Å². The molecule has 0 aliphatic rings. The summed E-state index contributed by atoms with van der Waals surface area (Å²) >= 11 is 0. The van der Waals surface area contributed by atoms with E-state index >= 15 is 0 Å². The molecule has 0 aliphatic carbocycles. The minimum absolute atomic E-state index is 0.257. The number of nitrogens with zero attached hydrogens (tertiary/aromatic N) is 1. The van der Waals surface area contributed by atoms with Gasteiger partial charge in [-0.15, -0.1) is 6.58 Å². The molecule has 134 valence electrons. The first-order valence-electron chi connectivity index (χ1n) is 8.11. The van der Waals surface area contributed by atoms with E-state index in [0.29, 0.717) is 23.5 Å². The first-order chi connectivity index (χ1) is 12.6. The van der Waals surface area contributed by atoms with E-state index in [1.165, 1.54) is 0 Å². The fourth-order valence-electron chi connectivity index (χ4n) is 2.16. The lowest BCUT2D eigenvalue weighted by Crippen LogP contribution is -2.26. The number of nitrogens with one attached hydrogen (secondary N) is 2. The highest BCUT2D eigenvalue weighted by atomic mass is 16.6. The van der Waals surface area contributed by atoms with Crippen LogP contribution in [0.2, 0.25) is 0 Å². The van der Waals surface area contributed by atoms with Crippen molar-refractivity contribution in [3.8, 4) is 0 Å². The van der Waals surface area contributed by atoms with Crippen LogP contribution < -0.4 is 10.6 Å². The van der Waals surface area contributed by atoms with Crippen LogP contribution in [0.4, 0.5) is 5.69 Å². The van der Waals surface area contributed by atoms with Crippen LogP contribution in [0.5, 0.6) is 0 Å². The molecule has 0 fully saturated rings. The maximum atomic E-state index is 12.1. The lowest BCUT2D eigenvalue weighted by Gasteiger charge is -2.10. The Hall–Kier alpha value is -3.41. The molecule has 2 aromatic carbocycles. The fraction of sp³-hybridized carbons (Fsp3) is 0.150. The molecule has 0 unspecified atom stereocenters. The van der Waals surface area contributed by atoms with Gasteiger partial charge in [0.05, 0.1) is 17.0 Å². The van der Waals surface area contributed by atoms with Crippen LogP contribution in [-0.4, -0.2) is 30.7 Å². The van der Waals surface area contributed by atoms with Gasteiger partial charge >= 0.3 is 0 Å². The molecule has 6 nitrogen and oxygen atoms in total. The summed E-state index contributed by atoms with van der Waals surface area (Å²) in [5.41, 5.74) is 2.36. The minimum atomic E-state index is -0.404. The number of hydrogen-bond donors (Lipinski definition) is 2. The van der Waals surface area contributed by atoms with Gasteiger partial charge in [0.15, 0.2) is 6.61 Å². The molecule has 0 heterocycles. The fourth-order valence-corrected chi connectivity index (χ4v) is 2.16. The van der Waals surface area contributed by atoms with Crippen molar-refractivity contribution >= 4 is 23.2 Å². The zero-order chi connectivity index (χ0) is 18.8. The standard InChI is InChI=1S/C20H21N3O3/c1-3-13-21-20(25)17-11-7-8-12-18(17)22-19(24)14-26-23-15(2)16-9-5-4-6-10-16/h3-12H,1,13-14H2,2H3,(H,21,25)(H,22,24). The number of carbonyl (C=O) groups excluding carboxylic acids is 2. The third-order valence-electron chi connectivity index (χ3n) is 3.44. The molecule has 0 aromatic heterocycles. The first kappa shape index (κ1) is 18.9. The van der Waals surface area contributed by atoms with Gasteiger partial charge < -0.3 is 15.5 Å². The van der Waals surface area contributed by atoms with Crippen molar-refractivity contribution < 1.29 is 14.4 Å². The van der Waals surface area contributed by atoms with Gasteiger partial charge in [0.1, 0.15) is 0 Å². The molecule has 2 rings (SSSR count).